The summed E-state index contributed by atoms with van der Waals surface area (Å²) in [5.41, 5.74) is 0.0467. The van der Waals surface area contributed by atoms with E-state index in [0.717, 1.165) is 12.8 Å². The second kappa shape index (κ2) is 4.98. The van der Waals surface area contributed by atoms with Crippen molar-refractivity contribution in [3.8, 4) is 0 Å². The highest BCUT2D eigenvalue weighted by molar-refractivity contribution is 5.88. The molecular formula is C11H16O4. The average Bonchev–Trinajstić information content (AvgIpc) is 2.65. The molecule has 1 rings (SSSR count). The second-order valence-electron chi connectivity index (χ2n) is 3.71. The summed E-state index contributed by atoms with van der Waals surface area (Å²) in [4.78, 5) is 10.8. The van der Waals surface area contributed by atoms with Gasteiger partial charge in [0.05, 0.1) is 6.26 Å². The van der Waals surface area contributed by atoms with Crippen molar-refractivity contribution in [3.05, 3.63) is 23.7 Å². The maximum absolute atomic E-state index is 10.8. The van der Waals surface area contributed by atoms with E-state index in [1.54, 1.807) is 0 Å². The lowest BCUT2D eigenvalue weighted by Gasteiger charge is -2.16. The molecule has 0 aromatic carbocycles. The smallest absolute Gasteiger partial charge is 0.339 e. The van der Waals surface area contributed by atoms with Crippen LogP contribution in [0.5, 0.6) is 0 Å². The number of aromatic carboxylic acids is 1. The van der Waals surface area contributed by atoms with Crippen molar-refractivity contribution in [2.45, 2.75) is 32.8 Å². The molecule has 1 aromatic rings. The molecule has 0 bridgehead atoms. The van der Waals surface area contributed by atoms with Gasteiger partial charge >= 0.3 is 5.97 Å². The Kier molecular flexibility index (Phi) is 3.91. The number of hydrogen-bond donors (Lipinski definition) is 2. The van der Waals surface area contributed by atoms with Crippen LogP contribution in [-0.4, -0.2) is 16.2 Å². The molecule has 0 saturated heterocycles. The van der Waals surface area contributed by atoms with Gasteiger partial charge in [-0.3, -0.25) is 0 Å². The number of carboxylic acid groups (broad SMARTS) is 1. The number of furan rings is 1. The van der Waals surface area contributed by atoms with E-state index in [1.165, 1.54) is 12.3 Å². The third kappa shape index (κ3) is 2.59. The molecule has 2 atom stereocenters. The fourth-order valence-corrected chi connectivity index (χ4v) is 1.60. The largest absolute Gasteiger partial charge is 0.478 e. The van der Waals surface area contributed by atoms with E-state index < -0.39 is 12.1 Å². The SMILES string of the molecule is CCCC(C)C(O)c1occc1C(=O)O. The third-order valence-electron chi connectivity index (χ3n) is 2.48. The van der Waals surface area contributed by atoms with Gasteiger partial charge in [0.25, 0.3) is 0 Å². The van der Waals surface area contributed by atoms with Crippen molar-refractivity contribution in [3.63, 3.8) is 0 Å². The van der Waals surface area contributed by atoms with Crippen molar-refractivity contribution < 1.29 is 19.4 Å². The Hall–Kier alpha value is -1.29. The average molecular weight is 212 g/mol. The van der Waals surface area contributed by atoms with Gasteiger partial charge in [-0.15, -0.1) is 0 Å². The van der Waals surface area contributed by atoms with Gasteiger partial charge in [0, 0.05) is 0 Å². The van der Waals surface area contributed by atoms with Crippen molar-refractivity contribution >= 4 is 5.97 Å². The summed E-state index contributed by atoms with van der Waals surface area (Å²) < 4.78 is 5.02. The Labute approximate surface area is 88.5 Å². The number of carbonyl (C=O) groups is 1. The minimum absolute atomic E-state index is 0.000694. The Bertz CT molecular complexity index is 329. The van der Waals surface area contributed by atoms with Crippen molar-refractivity contribution in [1.82, 2.24) is 0 Å². The van der Waals surface area contributed by atoms with Crippen LogP contribution in [0.3, 0.4) is 0 Å². The summed E-state index contributed by atoms with van der Waals surface area (Å²) in [5, 5.41) is 18.7. The predicted molar refractivity (Wildman–Crippen MR) is 54.7 cm³/mol. The Morgan fingerprint density at radius 1 is 1.60 bits per heavy atom. The first kappa shape index (κ1) is 11.8. The summed E-state index contributed by atoms with van der Waals surface area (Å²) in [5.74, 6) is -0.913. The zero-order valence-corrected chi connectivity index (χ0v) is 8.93. The number of aliphatic hydroxyl groups excluding tert-OH is 1. The third-order valence-corrected chi connectivity index (χ3v) is 2.48. The summed E-state index contributed by atoms with van der Waals surface area (Å²) in [6.07, 6.45) is 2.23. The van der Waals surface area contributed by atoms with Crippen molar-refractivity contribution in [2.24, 2.45) is 5.92 Å². The van der Waals surface area contributed by atoms with E-state index in [0.29, 0.717) is 0 Å². The Balaban J connectivity index is 2.85. The van der Waals surface area contributed by atoms with Crippen LogP contribution in [-0.2, 0) is 0 Å². The molecule has 0 saturated carbocycles. The zero-order chi connectivity index (χ0) is 11.4. The maximum atomic E-state index is 10.8. The van der Waals surface area contributed by atoms with Crippen LogP contribution in [0.4, 0.5) is 0 Å². The van der Waals surface area contributed by atoms with E-state index in [2.05, 4.69) is 0 Å². The molecule has 0 aliphatic heterocycles. The Morgan fingerprint density at radius 3 is 2.80 bits per heavy atom. The number of rotatable bonds is 5. The van der Waals surface area contributed by atoms with Crippen molar-refractivity contribution in [2.75, 3.05) is 0 Å². The van der Waals surface area contributed by atoms with Crippen LogP contribution < -0.4 is 0 Å². The van der Waals surface area contributed by atoms with Crippen molar-refractivity contribution in [1.29, 1.82) is 0 Å². The van der Waals surface area contributed by atoms with Gasteiger partial charge in [-0.1, -0.05) is 20.3 Å². The van der Waals surface area contributed by atoms with Crippen LogP contribution >= 0.6 is 0 Å². The molecular weight excluding hydrogens is 196 g/mol. The maximum Gasteiger partial charge on any atom is 0.339 e. The number of hydrogen-bond acceptors (Lipinski definition) is 3. The van der Waals surface area contributed by atoms with Gasteiger partial charge in [-0.2, -0.15) is 0 Å². The molecule has 2 unspecified atom stereocenters. The van der Waals surface area contributed by atoms with Gasteiger partial charge in [0.1, 0.15) is 17.4 Å². The first-order valence-corrected chi connectivity index (χ1v) is 5.06. The van der Waals surface area contributed by atoms with Gasteiger partial charge in [0.15, 0.2) is 0 Å². The predicted octanol–water partition coefficient (Wildman–Crippen LogP) is 2.45. The molecule has 0 amide bonds. The van der Waals surface area contributed by atoms with E-state index in [9.17, 15) is 9.90 Å². The molecule has 0 fully saturated rings. The molecule has 4 nitrogen and oxygen atoms in total. The van der Waals surface area contributed by atoms with Crippen LogP contribution in [0.25, 0.3) is 0 Å². The molecule has 84 valence electrons. The minimum Gasteiger partial charge on any atom is -0.478 e. The summed E-state index contributed by atoms with van der Waals surface area (Å²) in [6, 6.07) is 1.36. The topological polar surface area (TPSA) is 70.7 Å². The molecule has 1 heterocycles. The number of carboxylic acids is 1. The highest BCUT2D eigenvalue weighted by Gasteiger charge is 2.24. The normalized spacial score (nSPS) is 14.9. The van der Waals surface area contributed by atoms with Gasteiger partial charge in [-0.05, 0) is 18.4 Å². The van der Waals surface area contributed by atoms with Crippen LogP contribution in [0, 0.1) is 5.92 Å². The first-order chi connectivity index (χ1) is 7.07. The molecule has 0 aliphatic carbocycles. The lowest BCUT2D eigenvalue weighted by molar-refractivity contribution is 0.0654. The van der Waals surface area contributed by atoms with Gasteiger partial charge < -0.3 is 14.6 Å². The highest BCUT2D eigenvalue weighted by Crippen LogP contribution is 2.28. The zero-order valence-electron chi connectivity index (χ0n) is 8.93. The van der Waals surface area contributed by atoms with Gasteiger partial charge in [-0.25, -0.2) is 4.79 Å². The molecule has 2 N–H and O–H groups in total. The van der Waals surface area contributed by atoms with E-state index in [-0.39, 0.29) is 17.2 Å². The monoisotopic (exact) mass is 212 g/mol. The van der Waals surface area contributed by atoms with E-state index in [1.807, 2.05) is 13.8 Å². The Morgan fingerprint density at radius 2 is 2.27 bits per heavy atom. The lowest BCUT2D eigenvalue weighted by atomic mass is 9.96. The van der Waals surface area contributed by atoms with E-state index >= 15 is 0 Å². The number of aliphatic hydroxyl groups is 1. The molecule has 1 aromatic heterocycles. The summed E-state index contributed by atoms with van der Waals surface area (Å²) in [7, 11) is 0. The van der Waals surface area contributed by atoms with Gasteiger partial charge in [0.2, 0.25) is 0 Å². The summed E-state index contributed by atoms with van der Waals surface area (Å²) >= 11 is 0. The minimum atomic E-state index is -1.07. The van der Waals surface area contributed by atoms with Crippen LogP contribution in [0.2, 0.25) is 0 Å². The lowest BCUT2D eigenvalue weighted by Crippen LogP contribution is -2.11. The summed E-state index contributed by atoms with van der Waals surface area (Å²) in [6.45, 7) is 3.89. The quantitative estimate of drug-likeness (QED) is 0.786. The molecule has 4 heteroatoms. The highest BCUT2D eigenvalue weighted by atomic mass is 16.4. The molecule has 0 spiro atoms. The fourth-order valence-electron chi connectivity index (χ4n) is 1.60. The van der Waals surface area contributed by atoms with Crippen LogP contribution in [0.15, 0.2) is 16.7 Å². The second-order valence-corrected chi connectivity index (χ2v) is 3.71. The fraction of sp³-hybridized carbons (Fsp3) is 0.545. The first-order valence-electron chi connectivity index (χ1n) is 5.06. The molecule has 0 aliphatic rings. The standard InChI is InChI=1S/C11H16O4/c1-3-4-7(2)9(12)10-8(11(13)14)5-6-15-10/h5-7,9,12H,3-4H2,1-2H3,(H,13,14). The molecule has 15 heavy (non-hydrogen) atoms. The molecule has 0 radical (unpaired) electrons. The van der Waals surface area contributed by atoms with E-state index in [4.69, 9.17) is 9.52 Å². The van der Waals surface area contributed by atoms with Crippen LogP contribution in [0.1, 0.15) is 48.9 Å².